The summed E-state index contributed by atoms with van der Waals surface area (Å²) in [5.41, 5.74) is -0.545. The number of aliphatic carboxylic acids is 1. The van der Waals surface area contributed by atoms with Gasteiger partial charge in [0.1, 0.15) is 5.60 Å². The molecule has 0 aliphatic carbocycles. The van der Waals surface area contributed by atoms with Gasteiger partial charge in [-0.1, -0.05) is 26.7 Å². The van der Waals surface area contributed by atoms with Gasteiger partial charge >= 0.3 is 12.1 Å². The molecule has 0 saturated carbocycles. The molecular weight excluding hydrogens is 258 g/mol. The van der Waals surface area contributed by atoms with Gasteiger partial charge in [0.2, 0.25) is 0 Å². The number of carbonyl (C=O) groups excluding carboxylic acids is 1. The maximum atomic E-state index is 11.8. The number of amides is 1. The van der Waals surface area contributed by atoms with Gasteiger partial charge in [-0.2, -0.15) is 0 Å². The van der Waals surface area contributed by atoms with Crippen molar-refractivity contribution in [3.8, 4) is 0 Å². The van der Waals surface area contributed by atoms with Crippen molar-refractivity contribution in [1.29, 1.82) is 0 Å². The Labute approximate surface area is 122 Å². The maximum absolute atomic E-state index is 11.8. The first-order chi connectivity index (χ1) is 9.17. The molecule has 1 unspecified atom stereocenters. The molecule has 5 nitrogen and oxygen atoms in total. The van der Waals surface area contributed by atoms with Crippen molar-refractivity contribution in [3.63, 3.8) is 0 Å². The van der Waals surface area contributed by atoms with Crippen LogP contribution >= 0.6 is 0 Å². The summed E-state index contributed by atoms with van der Waals surface area (Å²) in [6.07, 6.45) is 2.86. The van der Waals surface area contributed by atoms with E-state index in [1.165, 1.54) is 0 Å². The summed E-state index contributed by atoms with van der Waals surface area (Å²) in [4.78, 5) is 22.5. The van der Waals surface area contributed by atoms with Crippen LogP contribution < -0.4 is 5.32 Å². The van der Waals surface area contributed by atoms with E-state index in [0.717, 1.165) is 19.3 Å². The van der Waals surface area contributed by atoms with Gasteiger partial charge < -0.3 is 15.2 Å². The van der Waals surface area contributed by atoms with Crippen LogP contribution in [0.4, 0.5) is 4.79 Å². The van der Waals surface area contributed by atoms with E-state index < -0.39 is 17.7 Å². The molecule has 5 heteroatoms. The molecule has 0 rings (SSSR count). The maximum Gasteiger partial charge on any atom is 0.407 e. The van der Waals surface area contributed by atoms with Crippen LogP contribution in [-0.4, -0.2) is 28.8 Å². The van der Waals surface area contributed by atoms with Crippen LogP contribution in [0.15, 0.2) is 0 Å². The summed E-state index contributed by atoms with van der Waals surface area (Å²) in [7, 11) is 0. The summed E-state index contributed by atoms with van der Waals surface area (Å²) in [6.45, 7) is 9.63. The van der Waals surface area contributed by atoms with Crippen molar-refractivity contribution >= 4 is 12.1 Å². The summed E-state index contributed by atoms with van der Waals surface area (Å²) >= 11 is 0. The van der Waals surface area contributed by atoms with Gasteiger partial charge in [-0.25, -0.2) is 4.79 Å². The quantitative estimate of drug-likeness (QED) is 0.715. The Hall–Kier alpha value is -1.26. The van der Waals surface area contributed by atoms with E-state index in [9.17, 15) is 9.59 Å². The lowest BCUT2D eigenvalue weighted by Gasteiger charge is -2.25. The highest BCUT2D eigenvalue weighted by Crippen LogP contribution is 2.18. The number of hydrogen-bond donors (Lipinski definition) is 2. The predicted octanol–water partition coefficient (Wildman–Crippen LogP) is 3.57. The van der Waals surface area contributed by atoms with Crippen molar-refractivity contribution in [2.45, 2.75) is 78.4 Å². The molecule has 0 aromatic heterocycles. The number of carboxylic acids is 1. The fourth-order valence-electron chi connectivity index (χ4n) is 2.05. The zero-order valence-corrected chi connectivity index (χ0v) is 13.4. The van der Waals surface area contributed by atoms with E-state index in [1.807, 2.05) is 0 Å². The number of hydrogen-bond acceptors (Lipinski definition) is 3. The van der Waals surface area contributed by atoms with Gasteiger partial charge in [0.05, 0.1) is 0 Å². The molecular formula is C15H29NO4. The zero-order valence-electron chi connectivity index (χ0n) is 13.4. The molecule has 0 radical (unpaired) electrons. The number of alkyl carbamates (subject to hydrolysis) is 1. The van der Waals surface area contributed by atoms with E-state index in [2.05, 4.69) is 19.2 Å². The van der Waals surface area contributed by atoms with Gasteiger partial charge in [0.25, 0.3) is 0 Å². The normalized spacial score (nSPS) is 13.1. The first kappa shape index (κ1) is 18.7. The molecule has 118 valence electrons. The molecule has 0 bridgehead atoms. The molecule has 1 atom stereocenters. The number of ether oxygens (including phenoxy) is 1. The second-order valence-corrected chi connectivity index (χ2v) is 6.19. The highest BCUT2D eigenvalue weighted by atomic mass is 16.6. The zero-order chi connectivity index (χ0) is 15.8. The fraction of sp³-hybridized carbons (Fsp3) is 0.867. The average molecular weight is 287 g/mol. The Kier molecular flexibility index (Phi) is 8.26. The van der Waals surface area contributed by atoms with E-state index in [0.29, 0.717) is 12.3 Å². The third-order valence-corrected chi connectivity index (χ3v) is 3.20. The van der Waals surface area contributed by atoms with Crippen molar-refractivity contribution < 1.29 is 19.4 Å². The minimum atomic E-state index is -0.842. The SMILES string of the molecule is CCC(CC)CC(CCC(=O)O)NC(=O)OC(C)(C)C. The number of rotatable bonds is 8. The Bertz CT molecular complexity index is 305. The van der Waals surface area contributed by atoms with Crippen LogP contribution in [0.1, 0.15) is 66.7 Å². The van der Waals surface area contributed by atoms with Crippen LogP contribution in [0, 0.1) is 5.92 Å². The summed E-state index contributed by atoms with van der Waals surface area (Å²) in [6, 6.07) is -0.147. The highest BCUT2D eigenvalue weighted by molar-refractivity contribution is 5.69. The Balaban J connectivity index is 4.50. The van der Waals surface area contributed by atoms with Gasteiger partial charge in [-0.15, -0.1) is 0 Å². The second kappa shape index (κ2) is 8.82. The first-order valence-corrected chi connectivity index (χ1v) is 7.39. The summed E-state index contributed by atoms with van der Waals surface area (Å²) in [5, 5.41) is 11.6. The minimum absolute atomic E-state index is 0.0562. The van der Waals surface area contributed by atoms with E-state index in [4.69, 9.17) is 9.84 Å². The summed E-state index contributed by atoms with van der Waals surface area (Å²) in [5.74, 6) is -0.353. The molecule has 0 saturated heterocycles. The highest BCUT2D eigenvalue weighted by Gasteiger charge is 2.21. The lowest BCUT2D eigenvalue weighted by molar-refractivity contribution is -0.137. The number of carbonyl (C=O) groups is 2. The molecule has 0 spiro atoms. The minimum Gasteiger partial charge on any atom is -0.481 e. The van der Waals surface area contributed by atoms with Crippen molar-refractivity contribution in [1.82, 2.24) is 5.32 Å². The van der Waals surface area contributed by atoms with Crippen molar-refractivity contribution in [2.75, 3.05) is 0 Å². The topological polar surface area (TPSA) is 75.6 Å². The predicted molar refractivity (Wildman–Crippen MR) is 78.7 cm³/mol. The molecule has 0 aromatic rings. The van der Waals surface area contributed by atoms with Crippen LogP contribution in [0.5, 0.6) is 0 Å². The van der Waals surface area contributed by atoms with Crippen molar-refractivity contribution in [3.05, 3.63) is 0 Å². The standard InChI is InChI=1S/C15H29NO4/c1-6-11(7-2)10-12(8-9-13(17)18)16-14(19)20-15(3,4)5/h11-12H,6-10H2,1-5H3,(H,16,19)(H,17,18). The molecule has 20 heavy (non-hydrogen) atoms. The average Bonchev–Trinajstić information content (AvgIpc) is 2.29. The van der Waals surface area contributed by atoms with Crippen LogP contribution in [0.2, 0.25) is 0 Å². The third kappa shape index (κ3) is 9.64. The second-order valence-electron chi connectivity index (χ2n) is 6.19. The van der Waals surface area contributed by atoms with Gasteiger partial charge in [-0.3, -0.25) is 4.79 Å². The monoisotopic (exact) mass is 287 g/mol. The smallest absolute Gasteiger partial charge is 0.407 e. The number of carboxylic acid groups (broad SMARTS) is 1. The molecule has 0 heterocycles. The van der Waals surface area contributed by atoms with Crippen LogP contribution in [0.3, 0.4) is 0 Å². The van der Waals surface area contributed by atoms with Crippen molar-refractivity contribution in [2.24, 2.45) is 5.92 Å². The third-order valence-electron chi connectivity index (χ3n) is 3.20. The van der Waals surface area contributed by atoms with E-state index in [-0.39, 0.29) is 12.5 Å². The largest absolute Gasteiger partial charge is 0.481 e. The van der Waals surface area contributed by atoms with E-state index >= 15 is 0 Å². The summed E-state index contributed by atoms with van der Waals surface area (Å²) < 4.78 is 5.23. The lowest BCUT2D eigenvalue weighted by Crippen LogP contribution is -2.40. The molecule has 1 amide bonds. The molecule has 0 aliphatic heterocycles. The van der Waals surface area contributed by atoms with Crippen LogP contribution in [0.25, 0.3) is 0 Å². The molecule has 2 N–H and O–H groups in total. The molecule has 0 aliphatic rings. The first-order valence-electron chi connectivity index (χ1n) is 7.39. The molecule has 0 aromatic carbocycles. The fourth-order valence-corrected chi connectivity index (χ4v) is 2.05. The lowest BCUT2D eigenvalue weighted by atomic mass is 9.92. The Morgan fingerprint density at radius 2 is 1.75 bits per heavy atom. The van der Waals surface area contributed by atoms with Gasteiger partial charge in [0, 0.05) is 12.5 Å². The molecule has 0 fully saturated rings. The number of nitrogens with one attached hydrogen (secondary N) is 1. The van der Waals surface area contributed by atoms with Gasteiger partial charge in [-0.05, 0) is 39.5 Å². The van der Waals surface area contributed by atoms with Crippen LogP contribution in [-0.2, 0) is 9.53 Å². The van der Waals surface area contributed by atoms with Gasteiger partial charge in [0.15, 0.2) is 0 Å². The van der Waals surface area contributed by atoms with E-state index in [1.54, 1.807) is 20.8 Å². The Morgan fingerprint density at radius 1 is 1.20 bits per heavy atom. The Morgan fingerprint density at radius 3 is 2.15 bits per heavy atom.